The first-order valence-electron chi connectivity index (χ1n) is 10.8. The minimum atomic E-state index is -0.424. The second-order valence-electron chi connectivity index (χ2n) is 8.08. The van der Waals surface area contributed by atoms with Crippen molar-refractivity contribution in [2.45, 2.75) is 25.9 Å². The van der Waals surface area contributed by atoms with Crippen molar-refractivity contribution in [3.05, 3.63) is 113 Å². The van der Waals surface area contributed by atoms with Crippen LogP contribution in [0.25, 0.3) is 0 Å². The molecule has 1 aromatic heterocycles. The average Bonchev–Trinajstić information content (AvgIpc) is 3.28. The molecule has 0 radical (unpaired) electrons. The highest BCUT2D eigenvalue weighted by atomic mass is 16.1. The van der Waals surface area contributed by atoms with E-state index in [0.717, 1.165) is 30.8 Å². The molecule has 6 heteroatoms. The molecule has 0 bridgehead atoms. The van der Waals surface area contributed by atoms with E-state index in [2.05, 4.69) is 49.7 Å². The summed E-state index contributed by atoms with van der Waals surface area (Å²) in [5, 5.41) is 10.2. The molecule has 1 unspecified atom stereocenters. The molecule has 160 valence electrons. The van der Waals surface area contributed by atoms with Crippen LogP contribution in [0, 0.1) is 6.92 Å². The van der Waals surface area contributed by atoms with Crippen molar-refractivity contribution in [2.24, 2.45) is 0 Å². The van der Waals surface area contributed by atoms with Crippen molar-refractivity contribution in [2.75, 3.05) is 11.4 Å². The minimum Gasteiger partial charge on any atom is -0.367 e. The topological polar surface area (TPSA) is 73.9 Å². The number of aryl methyl sites for hydroxylation is 1. The Morgan fingerprint density at radius 3 is 2.41 bits per heavy atom. The zero-order valence-electron chi connectivity index (χ0n) is 18.0. The van der Waals surface area contributed by atoms with E-state index in [4.69, 9.17) is 0 Å². The van der Waals surface area contributed by atoms with E-state index in [0.29, 0.717) is 17.2 Å². The predicted octanol–water partition coefficient (Wildman–Crippen LogP) is 4.20. The van der Waals surface area contributed by atoms with Gasteiger partial charge in [0, 0.05) is 24.3 Å². The molecule has 0 spiro atoms. The lowest BCUT2D eigenvalue weighted by molar-refractivity contribution is 0.0941. The van der Waals surface area contributed by atoms with Crippen molar-refractivity contribution in [3.63, 3.8) is 0 Å². The van der Waals surface area contributed by atoms with E-state index in [1.54, 1.807) is 0 Å². The minimum absolute atomic E-state index is 0.156. The third kappa shape index (κ3) is 4.12. The number of rotatable bonds is 5. The number of hydrogen-bond acceptors (Lipinski definition) is 4. The van der Waals surface area contributed by atoms with Crippen molar-refractivity contribution in [3.8, 4) is 0 Å². The van der Waals surface area contributed by atoms with Gasteiger partial charge in [-0.3, -0.25) is 9.89 Å². The van der Waals surface area contributed by atoms with Gasteiger partial charge >= 0.3 is 0 Å². The summed E-state index contributed by atoms with van der Waals surface area (Å²) in [4.78, 5) is 19.9. The second kappa shape index (κ2) is 8.67. The Bertz CT molecular complexity index is 1220. The third-order valence-electron chi connectivity index (χ3n) is 5.91. The Labute approximate surface area is 187 Å². The van der Waals surface area contributed by atoms with Gasteiger partial charge < -0.3 is 10.2 Å². The Morgan fingerprint density at radius 1 is 0.969 bits per heavy atom. The van der Waals surface area contributed by atoms with E-state index in [1.165, 1.54) is 11.1 Å². The molecular formula is C26H25N5O. The maximum atomic E-state index is 13.1. The van der Waals surface area contributed by atoms with Gasteiger partial charge in [-0.05, 0) is 54.3 Å². The molecule has 3 aromatic carbocycles. The first-order valence-corrected chi connectivity index (χ1v) is 10.8. The highest BCUT2D eigenvalue weighted by Gasteiger charge is 2.22. The van der Waals surface area contributed by atoms with Crippen LogP contribution in [0.15, 0.2) is 78.9 Å². The van der Waals surface area contributed by atoms with Crippen molar-refractivity contribution in [1.29, 1.82) is 0 Å². The second-order valence-corrected chi connectivity index (χ2v) is 8.08. The number of nitrogens with one attached hydrogen (secondary N) is 2. The molecule has 1 atom stereocenters. The van der Waals surface area contributed by atoms with Crippen LogP contribution < -0.4 is 10.2 Å². The number of fused-ring (bicyclic) bond motifs is 1. The summed E-state index contributed by atoms with van der Waals surface area (Å²) in [5.74, 6) is 1.10. The van der Waals surface area contributed by atoms with E-state index in [9.17, 15) is 4.79 Å². The maximum Gasteiger partial charge on any atom is 0.252 e. The molecule has 2 heterocycles. The molecule has 0 saturated carbocycles. The smallest absolute Gasteiger partial charge is 0.252 e. The number of H-pyrrole nitrogens is 1. The van der Waals surface area contributed by atoms with Crippen LogP contribution in [0.2, 0.25) is 0 Å². The molecule has 0 saturated heterocycles. The predicted molar refractivity (Wildman–Crippen MR) is 125 cm³/mol. The van der Waals surface area contributed by atoms with Gasteiger partial charge in [0.05, 0.1) is 0 Å². The third-order valence-corrected chi connectivity index (χ3v) is 5.91. The fraction of sp³-hybridized carbons (Fsp3) is 0.192. The zero-order valence-corrected chi connectivity index (χ0v) is 18.0. The number of carbonyl (C=O) groups excluding carboxylic acids is 1. The van der Waals surface area contributed by atoms with Crippen LogP contribution in [0.4, 0.5) is 5.69 Å². The van der Waals surface area contributed by atoms with Gasteiger partial charge in [-0.1, -0.05) is 54.6 Å². The highest BCUT2D eigenvalue weighted by Crippen LogP contribution is 2.25. The quantitative estimate of drug-likeness (QED) is 0.505. The van der Waals surface area contributed by atoms with Gasteiger partial charge in [0.2, 0.25) is 0 Å². The Kier molecular flexibility index (Phi) is 5.42. The molecule has 0 aliphatic carbocycles. The highest BCUT2D eigenvalue weighted by molar-refractivity contribution is 5.95. The summed E-state index contributed by atoms with van der Waals surface area (Å²) in [6.45, 7) is 3.71. The van der Waals surface area contributed by atoms with Gasteiger partial charge in [-0.15, -0.1) is 0 Å². The van der Waals surface area contributed by atoms with Crippen molar-refractivity contribution in [1.82, 2.24) is 20.5 Å². The van der Waals surface area contributed by atoms with Gasteiger partial charge in [0.15, 0.2) is 5.82 Å². The number of amides is 1. The lowest BCUT2D eigenvalue weighted by atomic mass is 9.99. The number of benzene rings is 3. The standard InChI is InChI=1S/C26H25N5O/c1-18-27-25(30-29-18)24(20-8-3-2-4-9-20)28-26(32)21-11-13-23(14-12-21)31-16-15-19-7-5-6-10-22(19)17-31/h2-14,24H,15-17H2,1H3,(H,28,32)(H,27,29,30). The van der Waals surface area contributed by atoms with Gasteiger partial charge in [-0.2, -0.15) is 5.10 Å². The Balaban J connectivity index is 1.33. The SMILES string of the molecule is Cc1nc(C(NC(=O)c2ccc(N3CCc4ccccc4C3)cc2)c2ccccc2)n[nH]1. The first-order chi connectivity index (χ1) is 15.7. The average molecular weight is 424 g/mol. The zero-order chi connectivity index (χ0) is 21.9. The van der Waals surface area contributed by atoms with E-state index >= 15 is 0 Å². The monoisotopic (exact) mass is 423 g/mol. The van der Waals surface area contributed by atoms with Gasteiger partial charge in [0.1, 0.15) is 11.9 Å². The molecule has 5 rings (SSSR count). The van der Waals surface area contributed by atoms with E-state index in [1.807, 2.05) is 61.5 Å². The molecule has 2 N–H and O–H groups in total. The fourth-order valence-corrected chi connectivity index (χ4v) is 4.19. The number of aromatic nitrogens is 3. The molecule has 4 aromatic rings. The van der Waals surface area contributed by atoms with Crippen molar-refractivity contribution < 1.29 is 4.79 Å². The first kappa shape index (κ1) is 20.0. The summed E-state index contributed by atoms with van der Waals surface area (Å²) in [6.07, 6.45) is 1.03. The number of aromatic amines is 1. The molecule has 1 amide bonds. The molecule has 0 fully saturated rings. The summed E-state index contributed by atoms with van der Waals surface area (Å²) >= 11 is 0. The van der Waals surface area contributed by atoms with Crippen LogP contribution >= 0.6 is 0 Å². The van der Waals surface area contributed by atoms with Gasteiger partial charge in [0.25, 0.3) is 5.91 Å². The fourth-order valence-electron chi connectivity index (χ4n) is 4.19. The lowest BCUT2D eigenvalue weighted by Gasteiger charge is -2.30. The van der Waals surface area contributed by atoms with Crippen LogP contribution in [0.1, 0.15) is 44.7 Å². The Hall–Kier alpha value is -3.93. The summed E-state index contributed by atoms with van der Waals surface area (Å²) in [7, 11) is 0. The Morgan fingerprint density at radius 2 is 1.69 bits per heavy atom. The van der Waals surface area contributed by atoms with E-state index < -0.39 is 6.04 Å². The number of anilines is 1. The van der Waals surface area contributed by atoms with Crippen LogP contribution in [0.3, 0.4) is 0 Å². The molecule has 1 aliphatic heterocycles. The lowest BCUT2D eigenvalue weighted by Crippen LogP contribution is -2.31. The number of carbonyl (C=O) groups is 1. The largest absolute Gasteiger partial charge is 0.367 e. The summed E-state index contributed by atoms with van der Waals surface area (Å²) in [6, 6.07) is 25.8. The number of nitrogens with zero attached hydrogens (tertiary/aromatic N) is 3. The van der Waals surface area contributed by atoms with Crippen LogP contribution in [-0.4, -0.2) is 27.6 Å². The normalized spacial score (nSPS) is 14.0. The van der Waals surface area contributed by atoms with Crippen LogP contribution in [0.5, 0.6) is 0 Å². The van der Waals surface area contributed by atoms with Crippen molar-refractivity contribution >= 4 is 11.6 Å². The summed E-state index contributed by atoms with van der Waals surface area (Å²) in [5.41, 5.74) is 5.46. The maximum absolute atomic E-state index is 13.1. The molecule has 1 aliphatic rings. The molecule has 6 nitrogen and oxygen atoms in total. The van der Waals surface area contributed by atoms with Gasteiger partial charge in [-0.25, -0.2) is 4.98 Å². The van der Waals surface area contributed by atoms with Crippen LogP contribution in [-0.2, 0) is 13.0 Å². The molecule has 32 heavy (non-hydrogen) atoms. The van der Waals surface area contributed by atoms with E-state index in [-0.39, 0.29) is 5.91 Å². The molecular weight excluding hydrogens is 398 g/mol. The summed E-state index contributed by atoms with van der Waals surface area (Å²) < 4.78 is 0. The number of hydrogen-bond donors (Lipinski definition) is 2.